The lowest BCUT2D eigenvalue weighted by atomic mass is 9.86. The summed E-state index contributed by atoms with van der Waals surface area (Å²) in [6.07, 6.45) is 8.06. The maximum atomic E-state index is 13.4. The Morgan fingerprint density at radius 1 is 1.18 bits per heavy atom. The number of nitrogens with one attached hydrogen (secondary N) is 1. The molecule has 1 saturated heterocycles. The summed E-state index contributed by atoms with van der Waals surface area (Å²) in [7, 11) is 1.59. The highest BCUT2D eigenvalue weighted by atomic mass is 16.5. The Bertz CT molecular complexity index is 1230. The van der Waals surface area contributed by atoms with E-state index in [0.717, 1.165) is 54.0 Å². The van der Waals surface area contributed by atoms with Crippen molar-refractivity contribution in [3.63, 3.8) is 0 Å². The van der Waals surface area contributed by atoms with Gasteiger partial charge < -0.3 is 15.0 Å². The molecule has 1 unspecified atom stereocenters. The number of anilines is 1. The molecular weight excluding hydrogens is 428 g/mol. The minimum atomic E-state index is -0.253. The van der Waals surface area contributed by atoms with Gasteiger partial charge >= 0.3 is 0 Å². The van der Waals surface area contributed by atoms with E-state index in [9.17, 15) is 4.79 Å². The largest absolute Gasteiger partial charge is 0.481 e. The summed E-state index contributed by atoms with van der Waals surface area (Å²) >= 11 is 0. The molecule has 3 aromatic rings. The minimum Gasteiger partial charge on any atom is -0.481 e. The van der Waals surface area contributed by atoms with Gasteiger partial charge in [-0.2, -0.15) is 0 Å². The van der Waals surface area contributed by atoms with Crippen molar-refractivity contribution >= 4 is 11.7 Å². The average molecular weight is 459 g/mol. The van der Waals surface area contributed by atoms with Crippen molar-refractivity contribution in [2.45, 2.75) is 51.5 Å². The number of hydrogen-bond acceptors (Lipinski definition) is 7. The van der Waals surface area contributed by atoms with Gasteiger partial charge in [0, 0.05) is 43.3 Å². The van der Waals surface area contributed by atoms with Crippen LogP contribution in [0.15, 0.2) is 36.8 Å². The number of pyridine rings is 2. The van der Waals surface area contributed by atoms with Gasteiger partial charge in [-0.25, -0.2) is 19.9 Å². The molecule has 0 aromatic carbocycles. The molecular formula is C26H30N6O2. The fraction of sp³-hybridized carbons (Fsp3) is 0.423. The highest BCUT2D eigenvalue weighted by Gasteiger charge is 2.43. The quantitative estimate of drug-likeness (QED) is 0.637. The second-order valence-corrected chi connectivity index (χ2v) is 9.42. The lowest BCUT2D eigenvalue weighted by molar-refractivity contribution is -0.131. The summed E-state index contributed by atoms with van der Waals surface area (Å²) in [4.78, 5) is 33.3. The third kappa shape index (κ3) is 3.97. The third-order valence-electron chi connectivity index (χ3n) is 7.19. The van der Waals surface area contributed by atoms with Crippen molar-refractivity contribution in [1.29, 1.82) is 0 Å². The van der Waals surface area contributed by atoms with Crippen LogP contribution in [-0.2, 0) is 11.2 Å². The van der Waals surface area contributed by atoms with Crippen LogP contribution < -0.4 is 10.1 Å². The summed E-state index contributed by atoms with van der Waals surface area (Å²) in [5, 5.41) is 3.71. The van der Waals surface area contributed by atoms with Crippen molar-refractivity contribution in [3.8, 4) is 17.3 Å². The number of aryl methyl sites for hydroxylation is 3. The topological polar surface area (TPSA) is 93.1 Å². The Hall–Kier alpha value is -3.55. The molecule has 1 fully saturated rings. The van der Waals surface area contributed by atoms with E-state index in [1.54, 1.807) is 25.7 Å². The second kappa shape index (κ2) is 8.66. The standard InChI is InChI=1S/C26H30N6O2/c1-16-14-29-22(34-4)13-20(16)17(2)25(33)32-11-8-26(15-32)7-6-19-12-21(18(3)30-23(19)31-26)24-27-9-5-10-28-24/h5,9-10,12-14,17H,6-8,11,15H2,1-4H3,(H,30,31)/t17?,26-/m0/s1. The fourth-order valence-electron chi connectivity index (χ4n) is 5.17. The lowest BCUT2D eigenvalue weighted by Crippen LogP contribution is -2.46. The number of fused-ring (bicyclic) bond motifs is 1. The molecule has 2 atom stereocenters. The van der Waals surface area contributed by atoms with Gasteiger partial charge in [-0.15, -0.1) is 0 Å². The Labute approximate surface area is 199 Å². The van der Waals surface area contributed by atoms with Crippen molar-refractivity contribution < 1.29 is 9.53 Å². The van der Waals surface area contributed by atoms with Gasteiger partial charge in [0.25, 0.3) is 0 Å². The van der Waals surface area contributed by atoms with E-state index in [4.69, 9.17) is 9.72 Å². The van der Waals surface area contributed by atoms with Gasteiger partial charge in [0.2, 0.25) is 11.8 Å². The van der Waals surface area contributed by atoms with Crippen LogP contribution in [0.5, 0.6) is 5.88 Å². The number of hydrogen-bond donors (Lipinski definition) is 1. The maximum absolute atomic E-state index is 13.4. The summed E-state index contributed by atoms with van der Waals surface area (Å²) < 4.78 is 5.27. The van der Waals surface area contributed by atoms with Crippen LogP contribution in [0.25, 0.3) is 11.4 Å². The van der Waals surface area contributed by atoms with Crippen molar-refractivity contribution in [3.05, 3.63) is 59.2 Å². The number of carbonyl (C=O) groups excluding carboxylic acids is 1. The highest BCUT2D eigenvalue weighted by Crippen LogP contribution is 2.38. The van der Waals surface area contributed by atoms with Crippen molar-refractivity contribution in [2.75, 3.05) is 25.5 Å². The van der Waals surface area contributed by atoms with E-state index in [0.29, 0.717) is 18.2 Å². The number of nitrogens with zero attached hydrogens (tertiary/aromatic N) is 5. The van der Waals surface area contributed by atoms with Crippen molar-refractivity contribution in [1.82, 2.24) is 24.8 Å². The number of likely N-dealkylation sites (tertiary alicyclic amines) is 1. The molecule has 34 heavy (non-hydrogen) atoms. The van der Waals surface area contributed by atoms with Gasteiger partial charge in [0.15, 0.2) is 5.82 Å². The first-order valence-corrected chi connectivity index (χ1v) is 11.7. The predicted octanol–water partition coefficient (Wildman–Crippen LogP) is 3.69. The molecule has 8 nitrogen and oxygen atoms in total. The molecule has 2 aliphatic rings. The first kappa shape index (κ1) is 22.3. The Morgan fingerprint density at radius 2 is 1.97 bits per heavy atom. The number of carbonyl (C=O) groups is 1. The first-order chi connectivity index (χ1) is 16.4. The number of rotatable bonds is 4. The monoisotopic (exact) mass is 458 g/mol. The van der Waals surface area contributed by atoms with Crippen LogP contribution in [0.4, 0.5) is 5.82 Å². The fourth-order valence-corrected chi connectivity index (χ4v) is 5.17. The van der Waals surface area contributed by atoms with Crippen LogP contribution in [0.3, 0.4) is 0 Å². The zero-order valence-electron chi connectivity index (χ0n) is 20.1. The van der Waals surface area contributed by atoms with E-state index >= 15 is 0 Å². The van der Waals surface area contributed by atoms with Gasteiger partial charge in [-0.1, -0.05) is 0 Å². The normalized spacial score (nSPS) is 20.1. The maximum Gasteiger partial charge on any atom is 0.229 e. The summed E-state index contributed by atoms with van der Waals surface area (Å²) in [5.41, 5.74) is 4.87. The Balaban J connectivity index is 1.33. The Morgan fingerprint density at radius 3 is 2.74 bits per heavy atom. The number of aromatic nitrogens is 4. The molecule has 3 aromatic heterocycles. The molecule has 0 saturated carbocycles. The van der Waals surface area contributed by atoms with Gasteiger partial charge in [0.1, 0.15) is 5.82 Å². The molecule has 176 valence electrons. The average Bonchev–Trinajstić information content (AvgIpc) is 3.26. The third-order valence-corrected chi connectivity index (χ3v) is 7.19. The zero-order valence-corrected chi connectivity index (χ0v) is 20.1. The molecule has 2 aliphatic heterocycles. The highest BCUT2D eigenvalue weighted by molar-refractivity contribution is 5.84. The molecule has 1 amide bonds. The van der Waals surface area contributed by atoms with Crippen LogP contribution in [0, 0.1) is 13.8 Å². The molecule has 5 heterocycles. The molecule has 0 radical (unpaired) electrons. The lowest BCUT2D eigenvalue weighted by Gasteiger charge is -2.36. The van der Waals surface area contributed by atoms with Gasteiger partial charge in [-0.3, -0.25) is 4.79 Å². The van der Waals surface area contributed by atoms with Crippen LogP contribution >= 0.6 is 0 Å². The molecule has 0 bridgehead atoms. The van der Waals surface area contributed by atoms with E-state index in [1.165, 1.54) is 5.56 Å². The van der Waals surface area contributed by atoms with Gasteiger partial charge in [-0.05, 0) is 68.9 Å². The van der Waals surface area contributed by atoms with E-state index in [-0.39, 0.29) is 17.4 Å². The predicted molar refractivity (Wildman–Crippen MR) is 130 cm³/mol. The molecule has 1 spiro atoms. The second-order valence-electron chi connectivity index (χ2n) is 9.42. The van der Waals surface area contributed by atoms with Crippen LogP contribution in [0.1, 0.15) is 48.1 Å². The number of amides is 1. The molecule has 0 aliphatic carbocycles. The SMILES string of the molecule is COc1cc(C(C)C(=O)N2CC[C@@]3(CCc4cc(-c5ncccn5)c(C)nc4N3)C2)c(C)cn1. The van der Waals surface area contributed by atoms with Crippen LogP contribution in [0.2, 0.25) is 0 Å². The molecule has 8 heteroatoms. The van der Waals surface area contributed by atoms with Gasteiger partial charge in [0.05, 0.1) is 24.3 Å². The number of ether oxygens (including phenoxy) is 1. The van der Waals surface area contributed by atoms with E-state index in [1.807, 2.05) is 37.8 Å². The van der Waals surface area contributed by atoms with E-state index in [2.05, 4.69) is 26.3 Å². The summed E-state index contributed by atoms with van der Waals surface area (Å²) in [6, 6.07) is 5.85. The zero-order chi connectivity index (χ0) is 23.9. The Kier molecular flexibility index (Phi) is 5.67. The summed E-state index contributed by atoms with van der Waals surface area (Å²) in [5.74, 6) is 2.04. The van der Waals surface area contributed by atoms with E-state index < -0.39 is 0 Å². The summed E-state index contributed by atoms with van der Waals surface area (Å²) in [6.45, 7) is 7.37. The minimum absolute atomic E-state index is 0.140. The molecule has 5 rings (SSSR count). The first-order valence-electron chi connectivity index (χ1n) is 11.7. The number of methoxy groups -OCH3 is 1. The van der Waals surface area contributed by atoms with Crippen molar-refractivity contribution in [2.24, 2.45) is 0 Å². The smallest absolute Gasteiger partial charge is 0.229 e. The molecule has 1 N–H and O–H groups in total. The van der Waals surface area contributed by atoms with Crippen LogP contribution in [-0.4, -0.2) is 56.5 Å².